The van der Waals surface area contributed by atoms with Crippen LogP contribution in [-0.2, 0) is 14.8 Å². The Bertz CT molecular complexity index is 672. The molecule has 8 heteroatoms. The van der Waals surface area contributed by atoms with Gasteiger partial charge in [-0.05, 0) is 19.1 Å². The summed E-state index contributed by atoms with van der Waals surface area (Å²) in [7, 11) is -0.512. The Morgan fingerprint density at radius 1 is 1.29 bits per heavy atom. The van der Waals surface area contributed by atoms with E-state index in [0.29, 0.717) is 5.75 Å². The van der Waals surface area contributed by atoms with E-state index in [0.717, 1.165) is 9.87 Å². The van der Waals surface area contributed by atoms with E-state index in [-0.39, 0.29) is 31.4 Å². The van der Waals surface area contributed by atoms with Gasteiger partial charge in [0.05, 0.1) is 11.9 Å². The topological polar surface area (TPSA) is 87.2 Å². The summed E-state index contributed by atoms with van der Waals surface area (Å²) in [5.74, 6) is -0.329. The van der Waals surface area contributed by atoms with Crippen LogP contribution in [-0.4, -0.2) is 74.3 Å². The second-order valence-electron chi connectivity index (χ2n) is 6.29. The predicted octanol–water partition coefficient (Wildman–Crippen LogP) is 0.0845. The van der Waals surface area contributed by atoms with Gasteiger partial charge in [-0.3, -0.25) is 4.79 Å². The van der Waals surface area contributed by atoms with E-state index in [2.05, 4.69) is 0 Å². The van der Waals surface area contributed by atoms with E-state index in [4.69, 9.17) is 4.74 Å². The average Bonchev–Trinajstić information content (AvgIpc) is 2.87. The number of hydrogen-bond acceptors (Lipinski definition) is 5. The van der Waals surface area contributed by atoms with Crippen molar-refractivity contribution in [2.45, 2.75) is 13.0 Å². The van der Waals surface area contributed by atoms with E-state index in [9.17, 15) is 18.3 Å². The number of β-amino-alcohol motifs (C(OH)–C–C–N with tert-alkyl or cyclic N) is 1. The van der Waals surface area contributed by atoms with E-state index in [1.54, 1.807) is 12.1 Å². The zero-order chi connectivity index (χ0) is 17.9. The summed E-state index contributed by atoms with van der Waals surface area (Å²) in [6.45, 7) is 2.17. The molecule has 2 atom stereocenters. The van der Waals surface area contributed by atoms with Gasteiger partial charge in [-0.2, -0.15) is 0 Å². The molecular formula is C16H24N2O5S. The largest absolute Gasteiger partial charge is 0.484 e. The molecule has 1 aliphatic heterocycles. The van der Waals surface area contributed by atoms with Crippen LogP contribution in [0.5, 0.6) is 5.75 Å². The SMILES string of the molecule is Cc1ccc(OCC(=O)N2C[C@@H](CS(=O)(=O)N(C)C)[C@H](O)C2)cc1. The molecule has 7 nitrogen and oxygen atoms in total. The van der Waals surface area contributed by atoms with E-state index < -0.39 is 22.0 Å². The lowest BCUT2D eigenvalue weighted by molar-refractivity contribution is -0.132. The van der Waals surface area contributed by atoms with Crippen molar-refractivity contribution < 1.29 is 23.1 Å². The van der Waals surface area contributed by atoms with Gasteiger partial charge in [0.1, 0.15) is 5.75 Å². The molecule has 0 saturated carbocycles. The van der Waals surface area contributed by atoms with Crippen molar-refractivity contribution in [3.05, 3.63) is 29.8 Å². The van der Waals surface area contributed by atoms with Crippen molar-refractivity contribution in [2.24, 2.45) is 5.92 Å². The highest BCUT2D eigenvalue weighted by Gasteiger charge is 2.37. The second kappa shape index (κ2) is 7.50. The Morgan fingerprint density at radius 2 is 1.92 bits per heavy atom. The molecule has 0 bridgehead atoms. The molecule has 2 rings (SSSR count). The lowest BCUT2D eigenvalue weighted by Gasteiger charge is -2.18. The molecule has 0 radical (unpaired) electrons. The predicted molar refractivity (Wildman–Crippen MR) is 90.2 cm³/mol. The number of nitrogens with zero attached hydrogens (tertiary/aromatic N) is 2. The monoisotopic (exact) mass is 356 g/mol. The summed E-state index contributed by atoms with van der Waals surface area (Å²) in [5, 5.41) is 10.1. The smallest absolute Gasteiger partial charge is 0.260 e. The molecule has 24 heavy (non-hydrogen) atoms. The molecular weight excluding hydrogens is 332 g/mol. The van der Waals surface area contributed by atoms with Gasteiger partial charge in [-0.1, -0.05) is 17.7 Å². The van der Waals surface area contributed by atoms with Gasteiger partial charge in [0.2, 0.25) is 10.0 Å². The Morgan fingerprint density at radius 3 is 2.50 bits per heavy atom. The van der Waals surface area contributed by atoms with E-state index in [1.807, 2.05) is 19.1 Å². The fraction of sp³-hybridized carbons (Fsp3) is 0.562. The Kier molecular flexibility index (Phi) is 5.84. The molecule has 134 valence electrons. The number of carbonyl (C=O) groups is 1. The summed E-state index contributed by atoms with van der Waals surface area (Å²) < 4.78 is 30.4. The number of aryl methyl sites for hydroxylation is 1. The first kappa shape index (κ1) is 18.7. The number of aliphatic hydroxyl groups is 1. The van der Waals surface area contributed by atoms with Gasteiger partial charge in [0, 0.05) is 33.1 Å². The number of amides is 1. The van der Waals surface area contributed by atoms with Crippen molar-refractivity contribution in [1.82, 2.24) is 9.21 Å². The molecule has 1 aromatic rings. The number of ether oxygens (including phenoxy) is 1. The van der Waals surface area contributed by atoms with Crippen LogP contribution in [0.25, 0.3) is 0 Å². The van der Waals surface area contributed by atoms with Crippen molar-refractivity contribution >= 4 is 15.9 Å². The van der Waals surface area contributed by atoms with Gasteiger partial charge in [0.25, 0.3) is 5.91 Å². The number of sulfonamides is 1. The van der Waals surface area contributed by atoms with Crippen molar-refractivity contribution in [2.75, 3.05) is 39.5 Å². The molecule has 0 unspecified atom stereocenters. The molecule has 1 amide bonds. The van der Waals surface area contributed by atoms with Crippen molar-refractivity contribution in [3.63, 3.8) is 0 Å². The van der Waals surface area contributed by atoms with Gasteiger partial charge in [0.15, 0.2) is 6.61 Å². The average molecular weight is 356 g/mol. The molecule has 0 aromatic heterocycles. The van der Waals surface area contributed by atoms with E-state index >= 15 is 0 Å². The van der Waals surface area contributed by atoms with Crippen molar-refractivity contribution in [1.29, 1.82) is 0 Å². The fourth-order valence-electron chi connectivity index (χ4n) is 2.51. The van der Waals surface area contributed by atoms with Crippen LogP contribution in [0.3, 0.4) is 0 Å². The first-order valence-corrected chi connectivity index (χ1v) is 9.35. The minimum Gasteiger partial charge on any atom is -0.484 e. The van der Waals surface area contributed by atoms with Gasteiger partial charge in [-0.15, -0.1) is 0 Å². The van der Waals surface area contributed by atoms with Crippen LogP contribution in [0, 0.1) is 12.8 Å². The molecule has 1 heterocycles. The standard InChI is InChI=1S/C16H24N2O5S/c1-12-4-6-14(7-5-12)23-10-16(20)18-8-13(15(19)9-18)11-24(21,22)17(2)3/h4-7,13,15,19H,8-11H2,1-3H3/t13-,15+/m0/s1. The molecule has 0 spiro atoms. The van der Waals surface area contributed by atoms with Crippen LogP contribution < -0.4 is 4.74 Å². The quantitative estimate of drug-likeness (QED) is 0.780. The molecule has 1 aromatic carbocycles. The Balaban J connectivity index is 1.89. The molecule has 1 fully saturated rings. The summed E-state index contributed by atoms with van der Waals surface area (Å²) in [5.41, 5.74) is 1.10. The first-order chi connectivity index (χ1) is 11.2. The van der Waals surface area contributed by atoms with Gasteiger partial charge < -0.3 is 14.7 Å². The molecule has 1 saturated heterocycles. The van der Waals surface area contributed by atoms with Gasteiger partial charge in [-0.25, -0.2) is 12.7 Å². The summed E-state index contributed by atoms with van der Waals surface area (Å²) in [4.78, 5) is 13.7. The number of aliphatic hydroxyl groups excluding tert-OH is 1. The van der Waals surface area contributed by atoms with Crippen LogP contribution in [0.4, 0.5) is 0 Å². The molecule has 1 N–H and O–H groups in total. The number of likely N-dealkylation sites (tertiary alicyclic amines) is 1. The van der Waals surface area contributed by atoms with E-state index in [1.165, 1.54) is 19.0 Å². The number of benzene rings is 1. The highest BCUT2D eigenvalue weighted by molar-refractivity contribution is 7.89. The highest BCUT2D eigenvalue weighted by Crippen LogP contribution is 2.20. The molecule has 1 aliphatic rings. The maximum atomic E-state index is 12.2. The highest BCUT2D eigenvalue weighted by atomic mass is 32.2. The normalized spacial score (nSPS) is 21.3. The van der Waals surface area contributed by atoms with Crippen molar-refractivity contribution in [3.8, 4) is 5.75 Å². The zero-order valence-electron chi connectivity index (χ0n) is 14.2. The third-order valence-corrected chi connectivity index (χ3v) is 6.09. The number of rotatable bonds is 6. The maximum Gasteiger partial charge on any atom is 0.260 e. The third-order valence-electron chi connectivity index (χ3n) is 4.12. The Hall–Kier alpha value is -1.64. The summed E-state index contributed by atoms with van der Waals surface area (Å²) >= 11 is 0. The van der Waals surface area contributed by atoms with Gasteiger partial charge >= 0.3 is 0 Å². The Labute approximate surface area is 142 Å². The van der Waals surface area contributed by atoms with Crippen LogP contribution in [0.2, 0.25) is 0 Å². The summed E-state index contributed by atoms with van der Waals surface area (Å²) in [6, 6.07) is 7.35. The second-order valence-corrected chi connectivity index (χ2v) is 8.52. The van der Waals surface area contributed by atoms with Crippen LogP contribution >= 0.6 is 0 Å². The van der Waals surface area contributed by atoms with Crippen LogP contribution in [0.15, 0.2) is 24.3 Å². The third kappa shape index (κ3) is 4.68. The zero-order valence-corrected chi connectivity index (χ0v) is 15.0. The fourth-order valence-corrected chi connectivity index (χ4v) is 3.68. The summed E-state index contributed by atoms with van der Waals surface area (Å²) in [6.07, 6.45) is -0.844. The first-order valence-electron chi connectivity index (χ1n) is 7.74. The number of hydrogen-bond donors (Lipinski definition) is 1. The lowest BCUT2D eigenvalue weighted by atomic mass is 10.1. The number of carbonyl (C=O) groups excluding carboxylic acids is 1. The maximum absolute atomic E-state index is 12.2. The lowest BCUT2D eigenvalue weighted by Crippen LogP contribution is -2.35. The van der Waals surface area contributed by atoms with Crippen LogP contribution in [0.1, 0.15) is 5.56 Å². The minimum atomic E-state index is -3.42. The molecule has 0 aliphatic carbocycles. The minimum absolute atomic E-state index is 0.129.